The Labute approximate surface area is 190 Å². The summed E-state index contributed by atoms with van der Waals surface area (Å²) < 4.78 is 7.21. The summed E-state index contributed by atoms with van der Waals surface area (Å²) in [5.74, 6) is 0.391. The number of hydrogen-bond acceptors (Lipinski definition) is 6. The molecule has 0 saturated carbocycles. The van der Waals surface area contributed by atoms with Crippen LogP contribution < -0.4 is 5.32 Å². The number of rotatable bonds is 4. The molecule has 5 rings (SSSR count). The normalized spacial score (nSPS) is 14.5. The van der Waals surface area contributed by atoms with Gasteiger partial charge in [-0.2, -0.15) is 5.10 Å². The van der Waals surface area contributed by atoms with E-state index >= 15 is 0 Å². The van der Waals surface area contributed by atoms with Crippen molar-refractivity contribution in [2.75, 3.05) is 13.1 Å². The first kappa shape index (κ1) is 20.9. The molecule has 1 aliphatic rings. The first-order chi connectivity index (χ1) is 16.0. The number of pyridine rings is 2. The predicted octanol–water partition coefficient (Wildman–Crippen LogP) is 2.97. The molecule has 168 valence electrons. The van der Waals surface area contributed by atoms with Gasteiger partial charge in [-0.05, 0) is 50.1 Å². The summed E-state index contributed by atoms with van der Waals surface area (Å²) in [4.78, 5) is 36.5. The summed E-state index contributed by atoms with van der Waals surface area (Å²) in [7, 11) is 1.82. The zero-order chi connectivity index (χ0) is 22.9. The van der Waals surface area contributed by atoms with Crippen LogP contribution in [0.25, 0.3) is 22.5 Å². The lowest BCUT2D eigenvalue weighted by molar-refractivity contribution is 0.0700. The van der Waals surface area contributed by atoms with E-state index in [4.69, 9.17) is 4.42 Å². The molecule has 5 heterocycles. The van der Waals surface area contributed by atoms with Crippen LogP contribution in [-0.2, 0) is 7.05 Å². The molecule has 1 N–H and O–H groups in total. The molecule has 0 aromatic carbocycles. The van der Waals surface area contributed by atoms with Gasteiger partial charge in [0.15, 0.2) is 11.4 Å². The third kappa shape index (κ3) is 3.97. The maximum absolute atomic E-state index is 13.6. The molecule has 1 aliphatic heterocycles. The number of nitrogens with zero attached hydrogens (tertiary/aromatic N) is 5. The molecule has 4 aromatic rings. The molecule has 33 heavy (non-hydrogen) atoms. The summed E-state index contributed by atoms with van der Waals surface area (Å²) in [5.41, 5.74) is 3.09. The molecule has 0 atom stereocenters. The van der Waals surface area contributed by atoms with Crippen LogP contribution in [0.4, 0.5) is 0 Å². The Morgan fingerprint density at radius 2 is 2.00 bits per heavy atom. The maximum Gasteiger partial charge on any atom is 0.254 e. The number of aryl methyl sites for hydroxylation is 2. The van der Waals surface area contributed by atoms with Crippen LogP contribution in [0.15, 0.2) is 53.4 Å². The Bertz CT molecular complexity index is 1310. The van der Waals surface area contributed by atoms with Gasteiger partial charge in [-0.1, -0.05) is 0 Å². The van der Waals surface area contributed by atoms with Gasteiger partial charge in [0.05, 0.1) is 28.5 Å². The lowest BCUT2D eigenvalue weighted by atomic mass is 10.0. The monoisotopic (exact) mass is 444 g/mol. The number of amides is 2. The number of hydrogen-bond donors (Lipinski definition) is 1. The second kappa shape index (κ2) is 8.50. The van der Waals surface area contributed by atoms with Gasteiger partial charge in [0.1, 0.15) is 5.69 Å². The highest BCUT2D eigenvalue weighted by atomic mass is 16.3. The van der Waals surface area contributed by atoms with Gasteiger partial charge >= 0.3 is 0 Å². The number of likely N-dealkylation sites (tertiary alicyclic amines) is 1. The average Bonchev–Trinajstić information content (AvgIpc) is 3.48. The van der Waals surface area contributed by atoms with Crippen molar-refractivity contribution in [2.45, 2.75) is 25.8 Å². The highest BCUT2D eigenvalue weighted by Gasteiger charge is 2.28. The van der Waals surface area contributed by atoms with Crippen LogP contribution in [0.1, 0.15) is 39.3 Å². The third-order valence-corrected chi connectivity index (χ3v) is 6.01. The van der Waals surface area contributed by atoms with Gasteiger partial charge in [0, 0.05) is 38.6 Å². The molecule has 0 bridgehead atoms. The molecule has 0 aliphatic carbocycles. The lowest BCUT2D eigenvalue weighted by Gasteiger charge is -2.32. The molecule has 0 radical (unpaired) electrons. The molecule has 2 amide bonds. The number of carbonyl (C=O) groups is 2. The number of piperidine rings is 1. The Hall–Kier alpha value is -4.01. The highest BCUT2D eigenvalue weighted by molar-refractivity contribution is 6.07. The molecule has 4 aromatic heterocycles. The van der Waals surface area contributed by atoms with E-state index in [0.29, 0.717) is 54.2 Å². The smallest absolute Gasteiger partial charge is 0.254 e. The van der Waals surface area contributed by atoms with Crippen LogP contribution in [0, 0.1) is 6.92 Å². The number of nitrogens with one attached hydrogen (secondary N) is 1. The lowest BCUT2D eigenvalue weighted by Crippen LogP contribution is -2.46. The molecular weight excluding hydrogens is 420 g/mol. The minimum atomic E-state index is -0.141. The van der Waals surface area contributed by atoms with E-state index < -0.39 is 0 Å². The maximum atomic E-state index is 13.6. The van der Waals surface area contributed by atoms with Crippen molar-refractivity contribution in [3.8, 4) is 11.5 Å². The Morgan fingerprint density at radius 3 is 2.70 bits per heavy atom. The molecular formula is C24H24N6O3. The van der Waals surface area contributed by atoms with Crippen LogP contribution in [0.5, 0.6) is 0 Å². The number of aromatic nitrogens is 4. The first-order valence-electron chi connectivity index (χ1n) is 10.9. The zero-order valence-electron chi connectivity index (χ0n) is 18.5. The Kier molecular flexibility index (Phi) is 5.37. The number of furan rings is 1. The Morgan fingerprint density at radius 1 is 1.18 bits per heavy atom. The second-order valence-corrected chi connectivity index (χ2v) is 8.22. The van der Waals surface area contributed by atoms with Gasteiger partial charge in [0.2, 0.25) is 0 Å². The van der Waals surface area contributed by atoms with Crippen molar-refractivity contribution < 1.29 is 14.0 Å². The minimum Gasteiger partial charge on any atom is -0.463 e. The van der Waals surface area contributed by atoms with Crippen molar-refractivity contribution >= 4 is 22.8 Å². The SMILES string of the molecule is Cc1nn(C)c2nc(-c3ccco3)cc(C(=O)N3CCC(NC(=O)c4cccnc4)CC3)c12. The average molecular weight is 444 g/mol. The first-order valence-corrected chi connectivity index (χ1v) is 10.9. The number of carbonyl (C=O) groups excluding carboxylic acids is 2. The summed E-state index contributed by atoms with van der Waals surface area (Å²) in [6, 6.07) is 8.89. The van der Waals surface area contributed by atoms with E-state index in [2.05, 4.69) is 20.4 Å². The van der Waals surface area contributed by atoms with E-state index in [0.717, 1.165) is 11.1 Å². The standard InChI is InChI=1S/C24H24N6O3/c1-15-21-18(13-19(20-6-4-12-33-20)27-22(21)29(2)28-15)24(32)30-10-7-17(8-11-30)26-23(31)16-5-3-9-25-14-16/h3-6,9,12-14,17H,7-8,10-11H2,1-2H3,(H,26,31). The molecule has 9 heteroatoms. The predicted molar refractivity (Wildman–Crippen MR) is 122 cm³/mol. The topological polar surface area (TPSA) is 106 Å². The van der Waals surface area contributed by atoms with Crippen molar-refractivity contribution in [3.63, 3.8) is 0 Å². The van der Waals surface area contributed by atoms with Crippen molar-refractivity contribution in [1.29, 1.82) is 0 Å². The molecule has 0 unspecified atom stereocenters. The van der Waals surface area contributed by atoms with Gasteiger partial charge in [-0.15, -0.1) is 0 Å². The molecule has 0 spiro atoms. The van der Waals surface area contributed by atoms with E-state index in [1.807, 2.05) is 24.9 Å². The highest BCUT2D eigenvalue weighted by Crippen LogP contribution is 2.28. The molecule has 1 fully saturated rings. The van der Waals surface area contributed by atoms with Crippen molar-refractivity contribution in [1.82, 2.24) is 30.0 Å². The van der Waals surface area contributed by atoms with Crippen LogP contribution in [0.3, 0.4) is 0 Å². The zero-order valence-corrected chi connectivity index (χ0v) is 18.5. The fourth-order valence-corrected chi connectivity index (χ4v) is 4.33. The fourth-order valence-electron chi connectivity index (χ4n) is 4.33. The van der Waals surface area contributed by atoms with Crippen molar-refractivity contribution in [2.24, 2.45) is 7.05 Å². The van der Waals surface area contributed by atoms with Gasteiger partial charge in [-0.25, -0.2) is 4.98 Å². The van der Waals surface area contributed by atoms with E-state index in [-0.39, 0.29) is 17.9 Å². The minimum absolute atomic E-state index is 0.0121. The van der Waals surface area contributed by atoms with Crippen molar-refractivity contribution in [3.05, 3.63) is 65.8 Å². The third-order valence-electron chi connectivity index (χ3n) is 6.01. The molecule has 9 nitrogen and oxygen atoms in total. The number of fused-ring (bicyclic) bond motifs is 1. The van der Waals surface area contributed by atoms with Gasteiger partial charge in [-0.3, -0.25) is 19.3 Å². The summed E-state index contributed by atoms with van der Waals surface area (Å²) in [6.45, 7) is 2.99. The fraction of sp³-hybridized carbons (Fsp3) is 0.292. The van der Waals surface area contributed by atoms with E-state index in [1.54, 1.807) is 47.6 Å². The second-order valence-electron chi connectivity index (χ2n) is 8.22. The van der Waals surface area contributed by atoms with Crippen LogP contribution in [-0.4, -0.2) is 55.6 Å². The quantitative estimate of drug-likeness (QED) is 0.519. The van der Waals surface area contributed by atoms with E-state index in [1.165, 1.54) is 0 Å². The summed E-state index contributed by atoms with van der Waals surface area (Å²) >= 11 is 0. The van der Waals surface area contributed by atoms with Crippen LogP contribution >= 0.6 is 0 Å². The molecule has 1 saturated heterocycles. The summed E-state index contributed by atoms with van der Waals surface area (Å²) in [5, 5.41) is 8.28. The largest absolute Gasteiger partial charge is 0.463 e. The van der Waals surface area contributed by atoms with Gasteiger partial charge in [0.25, 0.3) is 11.8 Å². The Balaban J connectivity index is 1.36. The van der Waals surface area contributed by atoms with Gasteiger partial charge < -0.3 is 14.6 Å². The van der Waals surface area contributed by atoms with Crippen LogP contribution in [0.2, 0.25) is 0 Å². The van der Waals surface area contributed by atoms with E-state index in [9.17, 15) is 9.59 Å². The summed E-state index contributed by atoms with van der Waals surface area (Å²) in [6.07, 6.45) is 6.14.